The lowest BCUT2D eigenvalue weighted by Gasteiger charge is -2.16. The second kappa shape index (κ2) is 11.9. The average molecular weight is 387 g/mol. The van der Waals surface area contributed by atoms with Gasteiger partial charge in [0.05, 0.1) is 10.8 Å². The van der Waals surface area contributed by atoms with E-state index in [2.05, 4.69) is 24.1 Å². The molecule has 4 nitrogen and oxygen atoms in total. The molecule has 144 valence electrons. The fourth-order valence-corrected chi connectivity index (χ4v) is 5.18. The zero-order valence-corrected chi connectivity index (χ0v) is 17.8. The predicted molar refractivity (Wildman–Crippen MR) is 110 cm³/mol. The largest absolute Gasteiger partial charge is 0.315 e. The van der Waals surface area contributed by atoms with Gasteiger partial charge < -0.3 is 5.32 Å². The first-order valence-electron chi connectivity index (χ1n) is 9.19. The number of nitrogens with one attached hydrogen (secondary N) is 1. The lowest BCUT2D eigenvalue weighted by atomic mass is 10.1. The minimum Gasteiger partial charge on any atom is -0.315 e. The number of hydrogen-bond acceptors (Lipinski definition) is 5. The minimum absolute atomic E-state index is 0.395. The molecule has 0 heterocycles. The van der Waals surface area contributed by atoms with Gasteiger partial charge in [0.2, 0.25) is 8.87 Å². The number of nitrogens with zero attached hydrogens (tertiary/aromatic N) is 1. The Hall–Kier alpha value is -0.560. The van der Waals surface area contributed by atoms with Gasteiger partial charge in [-0.15, -0.1) is 0 Å². The quantitative estimate of drug-likeness (QED) is 0.312. The molecular weight excluding hydrogens is 352 g/mol. The first kappa shape index (κ1) is 22.5. The van der Waals surface area contributed by atoms with Gasteiger partial charge in [0.25, 0.3) is 0 Å². The van der Waals surface area contributed by atoms with Crippen LogP contribution < -0.4 is 5.32 Å². The number of aryl methyl sites for hydroxylation is 1. The maximum Gasteiger partial charge on any atom is 0.231 e. The number of unbranched alkanes of at least 4 members (excludes halogenated alkanes) is 4. The van der Waals surface area contributed by atoms with Crippen LogP contribution in [-0.4, -0.2) is 45.4 Å². The number of rotatable bonds is 13. The van der Waals surface area contributed by atoms with Crippen LogP contribution in [0.25, 0.3) is 0 Å². The van der Waals surface area contributed by atoms with Crippen LogP contribution in [0.5, 0.6) is 0 Å². The fourth-order valence-electron chi connectivity index (χ4n) is 2.42. The van der Waals surface area contributed by atoms with E-state index in [1.165, 1.54) is 25.7 Å². The van der Waals surface area contributed by atoms with Crippen LogP contribution in [0.2, 0.25) is 0 Å². The molecule has 0 spiro atoms. The summed E-state index contributed by atoms with van der Waals surface area (Å²) in [5.41, 5.74) is 1.07. The van der Waals surface area contributed by atoms with Crippen LogP contribution in [0.1, 0.15) is 51.5 Å². The molecule has 0 saturated heterocycles. The zero-order valence-electron chi connectivity index (χ0n) is 16.1. The lowest BCUT2D eigenvalue weighted by molar-refractivity contribution is 0.376. The highest BCUT2D eigenvalue weighted by Crippen LogP contribution is 2.24. The molecule has 0 radical (unpaired) electrons. The molecular formula is C19H34N2O2S2. The maximum atomic E-state index is 12.3. The van der Waals surface area contributed by atoms with E-state index in [9.17, 15) is 8.42 Å². The van der Waals surface area contributed by atoms with E-state index in [0.29, 0.717) is 16.8 Å². The Morgan fingerprint density at radius 1 is 1.04 bits per heavy atom. The van der Waals surface area contributed by atoms with Gasteiger partial charge in [0.1, 0.15) is 0 Å². The summed E-state index contributed by atoms with van der Waals surface area (Å²) in [6, 6.07) is 7.63. The van der Waals surface area contributed by atoms with Crippen LogP contribution >= 0.6 is 10.8 Å². The molecule has 1 aromatic carbocycles. The molecule has 1 aromatic rings. The molecule has 25 heavy (non-hydrogen) atoms. The van der Waals surface area contributed by atoms with Gasteiger partial charge in [-0.2, -0.15) is 0 Å². The van der Waals surface area contributed by atoms with Crippen molar-refractivity contribution in [3.63, 3.8) is 0 Å². The Bertz CT molecular complexity index is 572. The van der Waals surface area contributed by atoms with Crippen LogP contribution in [0.15, 0.2) is 29.2 Å². The highest BCUT2D eigenvalue weighted by Gasteiger charge is 2.15. The summed E-state index contributed by atoms with van der Waals surface area (Å²) in [6.07, 6.45) is 6.09. The first-order valence-corrected chi connectivity index (χ1v) is 12.2. The standard InChI is InChI=1S/C19H34N2O2S2/c1-17(2)20-14-8-6-5-7-9-15-21(4)16-24-25(22,23)19-12-10-18(3)11-13-19/h10-13,17,20H,5-9,14-16H2,1-4H3. The van der Waals surface area contributed by atoms with Crippen molar-refractivity contribution in [1.82, 2.24) is 10.2 Å². The van der Waals surface area contributed by atoms with Gasteiger partial charge >= 0.3 is 0 Å². The summed E-state index contributed by atoms with van der Waals surface area (Å²) < 4.78 is 24.6. The van der Waals surface area contributed by atoms with Crippen molar-refractivity contribution in [3.8, 4) is 0 Å². The van der Waals surface area contributed by atoms with E-state index in [0.717, 1.165) is 35.9 Å². The summed E-state index contributed by atoms with van der Waals surface area (Å²) in [6.45, 7) is 8.35. The Morgan fingerprint density at radius 3 is 2.28 bits per heavy atom. The smallest absolute Gasteiger partial charge is 0.231 e. The number of hydrogen-bond donors (Lipinski definition) is 1. The fraction of sp³-hybridized carbons (Fsp3) is 0.684. The van der Waals surface area contributed by atoms with Crippen molar-refractivity contribution in [1.29, 1.82) is 0 Å². The summed E-state index contributed by atoms with van der Waals surface area (Å²) in [4.78, 5) is 2.49. The van der Waals surface area contributed by atoms with Gasteiger partial charge in [0, 0.05) is 6.04 Å². The third-order valence-corrected chi connectivity index (χ3v) is 7.54. The van der Waals surface area contributed by atoms with Gasteiger partial charge in [-0.25, -0.2) is 8.42 Å². The van der Waals surface area contributed by atoms with Crippen LogP contribution in [-0.2, 0) is 8.87 Å². The Morgan fingerprint density at radius 2 is 1.64 bits per heavy atom. The topological polar surface area (TPSA) is 49.4 Å². The monoisotopic (exact) mass is 386 g/mol. The summed E-state index contributed by atoms with van der Waals surface area (Å²) in [5.74, 6) is 0.508. The third kappa shape index (κ3) is 10.2. The highest BCUT2D eigenvalue weighted by atomic mass is 33.1. The second-order valence-corrected chi connectivity index (χ2v) is 10.9. The van der Waals surface area contributed by atoms with Crippen molar-refractivity contribution in [2.75, 3.05) is 26.0 Å². The third-order valence-electron chi connectivity index (χ3n) is 4.01. The lowest BCUT2D eigenvalue weighted by Crippen LogP contribution is -2.23. The van der Waals surface area contributed by atoms with Crippen LogP contribution in [0.3, 0.4) is 0 Å². The molecule has 0 aromatic heterocycles. The van der Waals surface area contributed by atoms with Crippen molar-refractivity contribution >= 4 is 19.7 Å². The molecule has 0 amide bonds. The van der Waals surface area contributed by atoms with Crippen molar-refractivity contribution in [2.45, 2.75) is 63.8 Å². The van der Waals surface area contributed by atoms with E-state index in [-0.39, 0.29) is 0 Å². The summed E-state index contributed by atoms with van der Waals surface area (Å²) >= 11 is 0. The first-order chi connectivity index (χ1) is 11.8. The van der Waals surface area contributed by atoms with E-state index in [1.54, 1.807) is 12.1 Å². The van der Waals surface area contributed by atoms with Crippen molar-refractivity contribution in [3.05, 3.63) is 29.8 Å². The molecule has 0 aliphatic heterocycles. The zero-order chi connectivity index (χ0) is 18.7. The molecule has 0 aliphatic carbocycles. The SMILES string of the molecule is Cc1ccc(S(=O)(=O)SCN(C)CCCCCCCNC(C)C)cc1. The van der Waals surface area contributed by atoms with E-state index in [1.807, 2.05) is 26.1 Å². The molecule has 1 N–H and O–H groups in total. The van der Waals surface area contributed by atoms with Gasteiger partial charge in [-0.1, -0.05) is 50.8 Å². The molecule has 1 rings (SSSR count). The number of benzene rings is 1. The maximum absolute atomic E-state index is 12.3. The van der Waals surface area contributed by atoms with E-state index >= 15 is 0 Å². The Balaban J connectivity index is 2.14. The van der Waals surface area contributed by atoms with Crippen LogP contribution in [0, 0.1) is 6.92 Å². The Labute approximate surface area is 158 Å². The highest BCUT2D eigenvalue weighted by molar-refractivity contribution is 8.72. The average Bonchev–Trinajstić information content (AvgIpc) is 2.55. The normalized spacial score (nSPS) is 12.2. The van der Waals surface area contributed by atoms with Gasteiger partial charge in [-0.3, -0.25) is 4.90 Å². The van der Waals surface area contributed by atoms with Gasteiger partial charge in [-0.05, 0) is 62.8 Å². The second-order valence-electron chi connectivity index (χ2n) is 6.97. The molecule has 0 aliphatic rings. The van der Waals surface area contributed by atoms with Gasteiger partial charge in [0.15, 0.2) is 0 Å². The molecule has 0 bridgehead atoms. The summed E-state index contributed by atoms with van der Waals surface area (Å²) in [7, 11) is -0.253. The molecule has 0 fully saturated rings. The predicted octanol–water partition coefficient (Wildman–Crippen LogP) is 4.25. The van der Waals surface area contributed by atoms with Crippen molar-refractivity contribution < 1.29 is 8.42 Å². The summed E-state index contributed by atoms with van der Waals surface area (Å²) in [5, 5.41) is 3.43. The Kier molecular flexibility index (Phi) is 10.7. The van der Waals surface area contributed by atoms with E-state index < -0.39 is 8.87 Å². The van der Waals surface area contributed by atoms with Crippen LogP contribution in [0.4, 0.5) is 0 Å². The van der Waals surface area contributed by atoms with E-state index in [4.69, 9.17) is 0 Å². The molecule has 0 saturated carbocycles. The minimum atomic E-state index is -3.26. The van der Waals surface area contributed by atoms with Crippen molar-refractivity contribution in [2.24, 2.45) is 0 Å². The molecule has 0 atom stereocenters. The molecule has 0 unspecified atom stereocenters. The molecule has 6 heteroatoms.